The van der Waals surface area contributed by atoms with Gasteiger partial charge in [0.15, 0.2) is 0 Å². The molecule has 1 aromatic heterocycles. The molecule has 1 N–H and O–H groups in total. The third-order valence-electron chi connectivity index (χ3n) is 3.61. The van der Waals surface area contributed by atoms with Crippen molar-refractivity contribution in [1.82, 2.24) is 20.2 Å². The number of aliphatic hydroxyl groups excluding tert-OH is 1. The number of rotatable bonds is 7. The first-order valence-electron chi connectivity index (χ1n) is 7.91. The van der Waals surface area contributed by atoms with E-state index in [0.717, 1.165) is 11.1 Å². The van der Waals surface area contributed by atoms with Crippen molar-refractivity contribution in [3.63, 3.8) is 0 Å². The summed E-state index contributed by atoms with van der Waals surface area (Å²) in [4.78, 5) is 11.5. The molecule has 0 amide bonds. The van der Waals surface area contributed by atoms with E-state index in [1.807, 2.05) is 31.2 Å². The van der Waals surface area contributed by atoms with Crippen LogP contribution in [-0.2, 0) is 6.54 Å². The Morgan fingerprint density at radius 1 is 1.27 bits per heavy atom. The van der Waals surface area contributed by atoms with Crippen molar-refractivity contribution in [2.45, 2.75) is 19.6 Å². The summed E-state index contributed by atoms with van der Waals surface area (Å²) in [5.41, 5.74) is 1.90. The van der Waals surface area contributed by atoms with Crippen LogP contribution in [0.5, 0.6) is 5.75 Å². The quantitative estimate of drug-likeness (QED) is 0.509. The molecular weight excluding hydrogens is 338 g/mol. The lowest BCUT2D eigenvalue weighted by atomic mass is 10.1. The number of aryl methyl sites for hydroxylation is 1. The summed E-state index contributed by atoms with van der Waals surface area (Å²) in [5.74, 6) is 0.780. The third kappa shape index (κ3) is 4.39. The molecule has 0 spiro atoms. The fourth-order valence-corrected chi connectivity index (χ4v) is 2.26. The summed E-state index contributed by atoms with van der Waals surface area (Å²) in [6, 6.07) is 13.5. The van der Waals surface area contributed by atoms with E-state index in [4.69, 9.17) is 4.74 Å². The Labute approximate surface area is 149 Å². The van der Waals surface area contributed by atoms with Gasteiger partial charge in [-0.05, 0) is 18.2 Å². The summed E-state index contributed by atoms with van der Waals surface area (Å²) in [7, 11) is 0. The fourth-order valence-electron chi connectivity index (χ4n) is 2.26. The van der Waals surface area contributed by atoms with Crippen molar-refractivity contribution in [1.29, 1.82) is 0 Å². The highest BCUT2D eigenvalue weighted by atomic mass is 16.6. The number of hydrogen-bond donors (Lipinski definition) is 1. The number of nitro groups is 1. The Kier molecular flexibility index (Phi) is 5.18. The highest BCUT2D eigenvalue weighted by Gasteiger charge is 2.12. The van der Waals surface area contributed by atoms with Crippen LogP contribution in [0.25, 0.3) is 11.4 Å². The molecule has 3 aromatic rings. The molecule has 0 radical (unpaired) electrons. The molecular formula is C17H17N5O4. The van der Waals surface area contributed by atoms with Gasteiger partial charge in [0.25, 0.3) is 5.69 Å². The van der Waals surface area contributed by atoms with Gasteiger partial charge in [0.1, 0.15) is 18.5 Å². The number of hydrogen-bond acceptors (Lipinski definition) is 7. The molecule has 9 heteroatoms. The Hall–Kier alpha value is -3.33. The molecule has 0 unspecified atom stereocenters. The van der Waals surface area contributed by atoms with Crippen LogP contribution in [0.15, 0.2) is 48.5 Å². The molecule has 9 nitrogen and oxygen atoms in total. The molecule has 134 valence electrons. The first kappa shape index (κ1) is 17.5. The topological polar surface area (TPSA) is 116 Å². The van der Waals surface area contributed by atoms with Crippen molar-refractivity contribution in [2.24, 2.45) is 0 Å². The average Bonchev–Trinajstić information content (AvgIpc) is 3.09. The number of nitrogens with zero attached hydrogens (tertiary/aromatic N) is 5. The number of aromatic nitrogens is 4. The lowest BCUT2D eigenvalue weighted by Gasteiger charge is -2.11. The van der Waals surface area contributed by atoms with Gasteiger partial charge in [-0.15, -0.1) is 10.2 Å². The molecule has 0 aliphatic rings. The third-order valence-corrected chi connectivity index (χ3v) is 3.61. The van der Waals surface area contributed by atoms with Crippen LogP contribution in [0, 0.1) is 17.0 Å². The first-order valence-corrected chi connectivity index (χ1v) is 7.91. The first-order chi connectivity index (χ1) is 12.5. The van der Waals surface area contributed by atoms with Gasteiger partial charge in [-0.25, -0.2) is 0 Å². The molecule has 1 atom stereocenters. The molecule has 0 fully saturated rings. The number of nitro benzene ring substituents is 1. The van der Waals surface area contributed by atoms with Gasteiger partial charge < -0.3 is 9.84 Å². The number of tetrazole rings is 1. The van der Waals surface area contributed by atoms with Crippen molar-refractivity contribution >= 4 is 5.69 Å². The van der Waals surface area contributed by atoms with Gasteiger partial charge in [-0.2, -0.15) is 4.80 Å². The smallest absolute Gasteiger partial charge is 0.273 e. The molecule has 0 saturated carbocycles. The second-order valence-electron chi connectivity index (χ2n) is 5.75. The highest BCUT2D eigenvalue weighted by Crippen LogP contribution is 2.19. The van der Waals surface area contributed by atoms with E-state index in [9.17, 15) is 15.2 Å². The maximum absolute atomic E-state index is 10.7. The molecule has 26 heavy (non-hydrogen) atoms. The normalized spacial score (nSPS) is 11.9. The zero-order chi connectivity index (χ0) is 18.5. The Morgan fingerprint density at radius 2 is 2.04 bits per heavy atom. The fraction of sp³-hybridized carbons (Fsp3) is 0.235. The van der Waals surface area contributed by atoms with Gasteiger partial charge >= 0.3 is 0 Å². The number of aliphatic hydroxyl groups is 1. The number of benzene rings is 2. The molecule has 0 bridgehead atoms. The van der Waals surface area contributed by atoms with E-state index in [1.54, 1.807) is 6.07 Å². The van der Waals surface area contributed by atoms with Crippen LogP contribution in [0.3, 0.4) is 0 Å². The lowest BCUT2D eigenvalue weighted by Crippen LogP contribution is -2.25. The van der Waals surface area contributed by atoms with Crippen LogP contribution in [-0.4, -0.2) is 42.9 Å². The van der Waals surface area contributed by atoms with E-state index >= 15 is 0 Å². The number of non-ortho nitro benzene ring substituents is 1. The summed E-state index contributed by atoms with van der Waals surface area (Å²) >= 11 is 0. The Balaban J connectivity index is 1.57. The van der Waals surface area contributed by atoms with Gasteiger partial charge in [0, 0.05) is 11.6 Å². The monoisotopic (exact) mass is 355 g/mol. The molecule has 3 rings (SSSR count). The minimum atomic E-state index is -0.894. The average molecular weight is 355 g/mol. The van der Waals surface area contributed by atoms with Crippen molar-refractivity contribution in [2.75, 3.05) is 6.61 Å². The second kappa shape index (κ2) is 7.70. The maximum Gasteiger partial charge on any atom is 0.273 e. The Bertz CT molecular complexity index is 894. The minimum absolute atomic E-state index is 0.0530. The molecule has 0 saturated heterocycles. The van der Waals surface area contributed by atoms with E-state index < -0.39 is 11.0 Å². The van der Waals surface area contributed by atoms with Gasteiger partial charge in [0.05, 0.1) is 17.5 Å². The summed E-state index contributed by atoms with van der Waals surface area (Å²) in [6.45, 7) is 2.03. The predicted octanol–water partition coefficient (Wildman–Crippen LogP) is 2.00. The highest BCUT2D eigenvalue weighted by molar-refractivity contribution is 5.53. The van der Waals surface area contributed by atoms with E-state index in [0.29, 0.717) is 11.6 Å². The Morgan fingerprint density at radius 3 is 2.77 bits per heavy atom. The zero-order valence-corrected chi connectivity index (χ0v) is 14.0. The predicted molar refractivity (Wildman–Crippen MR) is 92.6 cm³/mol. The minimum Gasteiger partial charge on any atom is -0.491 e. The summed E-state index contributed by atoms with van der Waals surface area (Å²) in [6.07, 6.45) is -0.894. The van der Waals surface area contributed by atoms with Crippen LogP contribution in [0.1, 0.15) is 5.56 Å². The van der Waals surface area contributed by atoms with Crippen LogP contribution < -0.4 is 4.74 Å². The number of ether oxygens (including phenoxy) is 1. The molecule has 1 heterocycles. The lowest BCUT2D eigenvalue weighted by molar-refractivity contribution is -0.384. The van der Waals surface area contributed by atoms with Gasteiger partial charge in [-0.3, -0.25) is 10.1 Å². The standard InChI is InChI=1S/C17H17N5O4/c1-12-5-7-13(8-6-12)17-18-20-21(19-17)10-15(23)11-26-16-4-2-3-14(9-16)22(24)25/h2-9,15,23H,10-11H2,1H3/t15-/m0/s1. The molecule has 0 aliphatic carbocycles. The maximum atomic E-state index is 10.7. The van der Waals surface area contributed by atoms with Crippen molar-refractivity contribution < 1.29 is 14.8 Å². The summed E-state index contributed by atoms with van der Waals surface area (Å²) < 4.78 is 5.39. The molecule has 0 aliphatic heterocycles. The SMILES string of the molecule is Cc1ccc(-c2nnn(C[C@H](O)COc3cccc([N+](=O)[O-])c3)n2)cc1. The van der Waals surface area contributed by atoms with Gasteiger partial charge in [-0.1, -0.05) is 35.9 Å². The van der Waals surface area contributed by atoms with Crippen molar-refractivity contribution in [3.05, 3.63) is 64.2 Å². The van der Waals surface area contributed by atoms with Crippen LogP contribution in [0.4, 0.5) is 5.69 Å². The van der Waals surface area contributed by atoms with Crippen LogP contribution in [0.2, 0.25) is 0 Å². The molecule has 2 aromatic carbocycles. The van der Waals surface area contributed by atoms with Crippen molar-refractivity contribution in [3.8, 4) is 17.1 Å². The van der Waals surface area contributed by atoms with E-state index in [1.165, 1.54) is 23.0 Å². The summed E-state index contributed by atoms with van der Waals surface area (Å²) in [5, 5.41) is 32.9. The van der Waals surface area contributed by atoms with E-state index in [-0.39, 0.29) is 18.8 Å². The zero-order valence-electron chi connectivity index (χ0n) is 14.0. The largest absolute Gasteiger partial charge is 0.491 e. The van der Waals surface area contributed by atoms with E-state index in [2.05, 4.69) is 15.4 Å². The van der Waals surface area contributed by atoms with Crippen LogP contribution >= 0.6 is 0 Å². The second-order valence-corrected chi connectivity index (χ2v) is 5.75. The van der Waals surface area contributed by atoms with Gasteiger partial charge in [0.2, 0.25) is 5.82 Å².